The second kappa shape index (κ2) is 10.3. The summed E-state index contributed by atoms with van der Waals surface area (Å²) < 4.78 is 37.1. The fourth-order valence-corrected chi connectivity index (χ4v) is 5.50. The van der Waals surface area contributed by atoms with Gasteiger partial charge >= 0.3 is 5.69 Å². The Kier molecular flexibility index (Phi) is 7.01. The van der Waals surface area contributed by atoms with E-state index in [-0.39, 0.29) is 53.7 Å². The number of aliphatic hydroxyl groups excluding tert-OH is 1. The molecule has 3 N–H and O–H groups in total. The van der Waals surface area contributed by atoms with E-state index in [9.17, 15) is 9.18 Å². The third-order valence-corrected chi connectivity index (χ3v) is 7.14. The van der Waals surface area contributed by atoms with Crippen LogP contribution in [0, 0.1) is 11.6 Å². The monoisotopic (exact) mass is 531 g/mol. The lowest BCUT2D eigenvalue weighted by molar-refractivity contribution is 0.0500. The first-order valence-corrected chi connectivity index (χ1v) is 12.6. The van der Waals surface area contributed by atoms with Crippen molar-refractivity contribution < 1.29 is 18.6 Å². The number of nitrogens with one attached hydrogen (secondary N) is 2. The van der Waals surface area contributed by atoms with Gasteiger partial charge in [0.05, 0.1) is 18.5 Å². The number of piperidine rings is 1. The van der Waals surface area contributed by atoms with Crippen LogP contribution in [0.1, 0.15) is 39.5 Å². The minimum absolute atomic E-state index is 0.0144. The Morgan fingerprint density at radius 1 is 1.24 bits per heavy atom. The number of ether oxygens (including phenoxy) is 1. The number of tetrazole rings is 1. The summed E-state index contributed by atoms with van der Waals surface area (Å²) in [6, 6.07) is 2.81. The Morgan fingerprint density at radius 2 is 2.05 bits per heavy atom. The van der Waals surface area contributed by atoms with Crippen LogP contribution in [-0.2, 0) is 7.05 Å². The molecule has 0 spiro atoms. The number of rotatable bonds is 8. The number of nitrogens with zero attached hydrogens (tertiary/aromatic N) is 7. The van der Waals surface area contributed by atoms with E-state index in [0.29, 0.717) is 6.04 Å². The first-order chi connectivity index (χ1) is 18.2. The maximum atomic E-state index is 15.0. The van der Waals surface area contributed by atoms with Gasteiger partial charge in [-0.15, -0.1) is 0 Å². The van der Waals surface area contributed by atoms with Gasteiger partial charge in [0.1, 0.15) is 18.0 Å². The topological polar surface area (TPSA) is 135 Å². The summed E-state index contributed by atoms with van der Waals surface area (Å²) in [5.74, 6) is -1.37. The van der Waals surface area contributed by atoms with Crippen LogP contribution in [0.25, 0.3) is 5.69 Å². The molecule has 3 aromatic rings. The quantitative estimate of drug-likeness (QED) is 0.396. The number of fused-ring (bicyclic) bond motifs is 1. The molecule has 0 unspecified atom stereocenters. The van der Waals surface area contributed by atoms with Gasteiger partial charge in [0.2, 0.25) is 5.95 Å². The highest BCUT2D eigenvalue weighted by molar-refractivity contribution is 5.63. The van der Waals surface area contributed by atoms with E-state index >= 15 is 4.39 Å². The fourth-order valence-electron chi connectivity index (χ4n) is 5.50. The second-order valence-electron chi connectivity index (χ2n) is 10.3. The van der Waals surface area contributed by atoms with Crippen molar-refractivity contribution in [2.45, 2.75) is 57.2 Å². The smallest absolute Gasteiger partial charge is 0.368 e. The number of anilines is 3. The number of aliphatic hydroxyl groups is 1. The van der Waals surface area contributed by atoms with Crippen LogP contribution in [0.4, 0.5) is 26.2 Å². The molecular formula is C24H31F2N9O3. The van der Waals surface area contributed by atoms with Crippen LogP contribution >= 0.6 is 0 Å². The summed E-state index contributed by atoms with van der Waals surface area (Å²) in [4.78, 5) is 23.2. The van der Waals surface area contributed by atoms with E-state index in [1.165, 1.54) is 13.1 Å². The molecule has 2 fully saturated rings. The molecule has 0 saturated carbocycles. The van der Waals surface area contributed by atoms with Gasteiger partial charge in [-0.25, -0.2) is 18.6 Å². The SMILES string of the molecule is Cn1nnn(-c2cc(Nc3ncc(F)c(N[C@@H]4C[C@@H]5CCCN5C(C)(C)C4)n3)c(F)cc2OCCO)c1=O. The van der Waals surface area contributed by atoms with Crippen molar-refractivity contribution in [3.8, 4) is 11.4 Å². The Morgan fingerprint density at radius 3 is 2.79 bits per heavy atom. The van der Waals surface area contributed by atoms with Crippen molar-refractivity contribution in [1.82, 2.24) is 34.7 Å². The van der Waals surface area contributed by atoms with Crippen LogP contribution in [-0.4, -0.2) is 77.1 Å². The van der Waals surface area contributed by atoms with E-state index in [0.717, 1.165) is 53.9 Å². The second-order valence-corrected chi connectivity index (χ2v) is 10.3. The van der Waals surface area contributed by atoms with Crippen molar-refractivity contribution in [3.05, 3.63) is 40.4 Å². The van der Waals surface area contributed by atoms with E-state index < -0.39 is 17.3 Å². The molecule has 12 nitrogen and oxygen atoms in total. The first-order valence-electron chi connectivity index (χ1n) is 12.6. The molecule has 2 atom stereocenters. The minimum Gasteiger partial charge on any atom is -0.489 e. The van der Waals surface area contributed by atoms with Crippen LogP contribution in [0.5, 0.6) is 5.75 Å². The number of hydrogen-bond acceptors (Lipinski definition) is 10. The summed E-state index contributed by atoms with van der Waals surface area (Å²) in [5.41, 5.74) is -0.602. The first kappa shape index (κ1) is 26.0. The molecule has 1 aromatic carbocycles. The summed E-state index contributed by atoms with van der Waals surface area (Å²) in [6.07, 6.45) is 5.02. The van der Waals surface area contributed by atoms with Crippen LogP contribution in [0.3, 0.4) is 0 Å². The molecule has 0 radical (unpaired) electrons. The van der Waals surface area contributed by atoms with E-state index in [1.54, 1.807) is 0 Å². The number of halogens is 2. The number of benzene rings is 1. The maximum absolute atomic E-state index is 15.0. The Bertz CT molecular complexity index is 1380. The predicted molar refractivity (Wildman–Crippen MR) is 135 cm³/mol. The molecule has 204 valence electrons. The normalized spacial score (nSPS) is 20.8. The zero-order valence-electron chi connectivity index (χ0n) is 21.5. The van der Waals surface area contributed by atoms with Gasteiger partial charge < -0.3 is 20.5 Å². The van der Waals surface area contributed by atoms with E-state index in [4.69, 9.17) is 9.84 Å². The molecule has 0 bridgehead atoms. The van der Waals surface area contributed by atoms with Crippen molar-refractivity contribution in [2.24, 2.45) is 7.05 Å². The molecule has 2 aliphatic rings. The molecule has 0 aliphatic carbocycles. The molecule has 14 heteroatoms. The number of aromatic nitrogens is 6. The molecule has 2 aliphatic heterocycles. The van der Waals surface area contributed by atoms with Gasteiger partial charge in [0.15, 0.2) is 17.5 Å². The van der Waals surface area contributed by atoms with E-state index in [1.807, 2.05) is 0 Å². The number of hydrogen-bond donors (Lipinski definition) is 3. The highest BCUT2D eigenvalue weighted by atomic mass is 19.1. The van der Waals surface area contributed by atoms with Crippen molar-refractivity contribution >= 4 is 17.5 Å². The molecule has 5 rings (SSSR count). The van der Waals surface area contributed by atoms with Gasteiger partial charge in [0, 0.05) is 30.7 Å². The molecular weight excluding hydrogens is 500 g/mol. The maximum Gasteiger partial charge on any atom is 0.368 e. The lowest BCUT2D eigenvalue weighted by Crippen LogP contribution is -2.55. The largest absolute Gasteiger partial charge is 0.489 e. The van der Waals surface area contributed by atoms with Crippen molar-refractivity contribution in [2.75, 3.05) is 30.4 Å². The Balaban J connectivity index is 1.41. The minimum atomic E-state index is -0.739. The van der Waals surface area contributed by atoms with Crippen molar-refractivity contribution in [1.29, 1.82) is 0 Å². The third-order valence-electron chi connectivity index (χ3n) is 7.14. The zero-order chi connectivity index (χ0) is 27.0. The van der Waals surface area contributed by atoms with Gasteiger partial charge in [-0.1, -0.05) is 0 Å². The van der Waals surface area contributed by atoms with Crippen LogP contribution < -0.4 is 21.1 Å². The van der Waals surface area contributed by atoms with Gasteiger partial charge in [-0.2, -0.15) is 14.3 Å². The molecule has 2 aromatic heterocycles. The summed E-state index contributed by atoms with van der Waals surface area (Å²) in [5, 5.41) is 22.6. The standard InChI is InChI=1S/C24H31F2N9O3/c1-24(2)12-14(9-15-5-4-6-34(15)24)28-21-17(26)13-27-22(30-21)29-18-11-19(35-23(37)33(3)31-32-35)20(10-16(18)25)38-8-7-36/h10-11,13-15,36H,4-9,12H2,1-3H3,(H2,27,28,29,30)/t14-,15+/m1/s1. The lowest BCUT2D eigenvalue weighted by atomic mass is 9.84. The van der Waals surface area contributed by atoms with Gasteiger partial charge in [-0.05, 0) is 62.6 Å². The average molecular weight is 532 g/mol. The van der Waals surface area contributed by atoms with Gasteiger partial charge in [0.25, 0.3) is 0 Å². The molecule has 38 heavy (non-hydrogen) atoms. The highest BCUT2D eigenvalue weighted by Crippen LogP contribution is 2.38. The summed E-state index contributed by atoms with van der Waals surface area (Å²) in [7, 11) is 1.42. The summed E-state index contributed by atoms with van der Waals surface area (Å²) in [6.45, 7) is 5.06. The van der Waals surface area contributed by atoms with E-state index in [2.05, 4.69) is 49.8 Å². The average Bonchev–Trinajstić information content (AvgIpc) is 3.48. The van der Waals surface area contributed by atoms with Crippen molar-refractivity contribution in [3.63, 3.8) is 0 Å². The van der Waals surface area contributed by atoms with Crippen LogP contribution in [0.15, 0.2) is 23.1 Å². The molecule has 2 saturated heterocycles. The lowest BCUT2D eigenvalue weighted by Gasteiger charge is -2.47. The summed E-state index contributed by atoms with van der Waals surface area (Å²) >= 11 is 0. The predicted octanol–water partition coefficient (Wildman–Crippen LogP) is 1.97. The fraction of sp³-hybridized carbons (Fsp3) is 0.542. The van der Waals surface area contributed by atoms with Gasteiger partial charge in [-0.3, -0.25) is 4.90 Å². The highest BCUT2D eigenvalue weighted by Gasteiger charge is 2.43. The third kappa shape index (κ3) is 5.05. The van der Waals surface area contributed by atoms with Crippen LogP contribution in [0.2, 0.25) is 0 Å². The molecule has 0 amide bonds. The molecule has 4 heterocycles. The Labute approximate surface area is 217 Å². The Hall–Kier alpha value is -3.65. The number of aryl methyl sites for hydroxylation is 1. The zero-order valence-corrected chi connectivity index (χ0v) is 21.5.